The molecule has 0 heterocycles. The fraction of sp³-hybridized carbons (Fsp3) is 0.385. The van der Waals surface area contributed by atoms with Crippen molar-refractivity contribution in [1.29, 1.82) is 0 Å². The third-order valence-corrected chi connectivity index (χ3v) is 2.55. The second-order valence-electron chi connectivity index (χ2n) is 3.99. The lowest BCUT2D eigenvalue weighted by Crippen LogP contribution is -2.24. The lowest BCUT2D eigenvalue weighted by molar-refractivity contribution is -0.137. The Morgan fingerprint density at radius 3 is 2.63 bits per heavy atom. The van der Waals surface area contributed by atoms with Crippen molar-refractivity contribution in [3.8, 4) is 11.5 Å². The summed E-state index contributed by atoms with van der Waals surface area (Å²) < 4.78 is 4.92. The molecule has 0 bridgehead atoms. The number of rotatable bonds is 7. The number of carboxylic acids is 1. The molecular formula is C13H17NO5. The van der Waals surface area contributed by atoms with E-state index in [-0.39, 0.29) is 17.7 Å². The van der Waals surface area contributed by atoms with Crippen LogP contribution in [0.25, 0.3) is 0 Å². The summed E-state index contributed by atoms with van der Waals surface area (Å²) >= 11 is 0. The first-order chi connectivity index (χ1) is 9.04. The highest BCUT2D eigenvalue weighted by molar-refractivity contribution is 5.96. The summed E-state index contributed by atoms with van der Waals surface area (Å²) in [6.45, 7) is 0.373. The smallest absolute Gasteiger partial charge is 0.303 e. The predicted molar refractivity (Wildman–Crippen MR) is 68.5 cm³/mol. The standard InChI is InChI=1S/C13H17NO5/c1-19-9-5-6-10(11(15)8-9)13(18)14-7-3-2-4-12(16)17/h5-6,8,15H,2-4,7H2,1H3,(H,14,18)(H,16,17). The number of carbonyl (C=O) groups is 2. The van der Waals surface area contributed by atoms with Gasteiger partial charge in [-0.3, -0.25) is 9.59 Å². The van der Waals surface area contributed by atoms with Gasteiger partial charge in [0.2, 0.25) is 0 Å². The number of amides is 1. The number of aliphatic carboxylic acids is 1. The van der Waals surface area contributed by atoms with E-state index < -0.39 is 11.9 Å². The summed E-state index contributed by atoms with van der Waals surface area (Å²) in [5.41, 5.74) is 0.166. The number of phenols is 1. The van der Waals surface area contributed by atoms with Crippen LogP contribution in [0.5, 0.6) is 11.5 Å². The molecule has 0 radical (unpaired) electrons. The van der Waals surface area contributed by atoms with Crippen LogP contribution in [0.15, 0.2) is 18.2 Å². The van der Waals surface area contributed by atoms with Crippen molar-refractivity contribution >= 4 is 11.9 Å². The van der Waals surface area contributed by atoms with E-state index in [4.69, 9.17) is 9.84 Å². The van der Waals surface area contributed by atoms with Gasteiger partial charge < -0.3 is 20.3 Å². The molecule has 6 nitrogen and oxygen atoms in total. The molecule has 1 aromatic rings. The highest BCUT2D eigenvalue weighted by Crippen LogP contribution is 2.23. The van der Waals surface area contributed by atoms with Crippen molar-refractivity contribution in [3.05, 3.63) is 23.8 Å². The van der Waals surface area contributed by atoms with E-state index in [1.807, 2.05) is 0 Å². The van der Waals surface area contributed by atoms with Crippen LogP contribution in [-0.2, 0) is 4.79 Å². The summed E-state index contributed by atoms with van der Waals surface area (Å²) in [4.78, 5) is 22.0. The molecule has 6 heteroatoms. The van der Waals surface area contributed by atoms with Crippen LogP contribution in [0.2, 0.25) is 0 Å². The van der Waals surface area contributed by atoms with Crippen LogP contribution < -0.4 is 10.1 Å². The zero-order chi connectivity index (χ0) is 14.3. The van der Waals surface area contributed by atoms with Gasteiger partial charge in [-0.05, 0) is 25.0 Å². The number of ether oxygens (including phenoxy) is 1. The predicted octanol–water partition coefficient (Wildman–Crippen LogP) is 1.39. The molecule has 1 rings (SSSR count). The number of carbonyl (C=O) groups excluding carboxylic acids is 1. The van der Waals surface area contributed by atoms with Gasteiger partial charge in [0.15, 0.2) is 0 Å². The molecule has 0 fully saturated rings. The summed E-state index contributed by atoms with van der Waals surface area (Å²) in [5.74, 6) is -0.924. The Hall–Kier alpha value is -2.24. The molecule has 0 saturated heterocycles. The van der Waals surface area contributed by atoms with Crippen LogP contribution >= 0.6 is 0 Å². The average molecular weight is 267 g/mol. The van der Waals surface area contributed by atoms with E-state index in [1.54, 1.807) is 6.07 Å². The second-order valence-corrected chi connectivity index (χ2v) is 3.99. The Kier molecular flexibility index (Phi) is 5.66. The first-order valence-electron chi connectivity index (χ1n) is 5.91. The van der Waals surface area contributed by atoms with E-state index in [0.717, 1.165) is 0 Å². The summed E-state index contributed by atoms with van der Waals surface area (Å²) in [5, 5.41) is 20.7. The van der Waals surface area contributed by atoms with E-state index in [2.05, 4.69) is 5.32 Å². The van der Waals surface area contributed by atoms with E-state index in [1.165, 1.54) is 19.2 Å². The normalized spacial score (nSPS) is 9.95. The Morgan fingerprint density at radius 1 is 1.32 bits per heavy atom. The summed E-state index contributed by atoms with van der Waals surface area (Å²) in [6, 6.07) is 4.42. The van der Waals surface area contributed by atoms with Gasteiger partial charge in [0.05, 0.1) is 12.7 Å². The fourth-order valence-corrected chi connectivity index (χ4v) is 1.53. The molecule has 0 aliphatic rings. The lowest BCUT2D eigenvalue weighted by atomic mass is 10.1. The molecule has 0 aromatic heterocycles. The number of methoxy groups -OCH3 is 1. The van der Waals surface area contributed by atoms with Crippen molar-refractivity contribution in [1.82, 2.24) is 5.32 Å². The minimum absolute atomic E-state index is 0.0870. The zero-order valence-corrected chi connectivity index (χ0v) is 10.7. The number of nitrogens with one attached hydrogen (secondary N) is 1. The topological polar surface area (TPSA) is 95.9 Å². The van der Waals surface area contributed by atoms with Crippen LogP contribution in [-0.4, -0.2) is 35.7 Å². The van der Waals surface area contributed by atoms with E-state index in [0.29, 0.717) is 25.1 Å². The molecule has 1 aromatic carbocycles. The first-order valence-corrected chi connectivity index (χ1v) is 5.91. The molecular weight excluding hydrogens is 250 g/mol. The van der Waals surface area contributed by atoms with Crippen LogP contribution in [0.1, 0.15) is 29.6 Å². The van der Waals surface area contributed by atoms with Gasteiger partial charge in [0.25, 0.3) is 5.91 Å². The highest BCUT2D eigenvalue weighted by Gasteiger charge is 2.11. The van der Waals surface area contributed by atoms with Crippen LogP contribution in [0.4, 0.5) is 0 Å². The zero-order valence-electron chi connectivity index (χ0n) is 10.7. The van der Waals surface area contributed by atoms with Crippen molar-refractivity contribution in [2.24, 2.45) is 0 Å². The van der Waals surface area contributed by atoms with Gasteiger partial charge in [-0.25, -0.2) is 0 Å². The highest BCUT2D eigenvalue weighted by atomic mass is 16.5. The molecule has 0 saturated carbocycles. The van der Waals surface area contributed by atoms with Gasteiger partial charge in [0.1, 0.15) is 11.5 Å². The fourth-order valence-electron chi connectivity index (χ4n) is 1.53. The molecule has 19 heavy (non-hydrogen) atoms. The van der Waals surface area contributed by atoms with Gasteiger partial charge in [-0.1, -0.05) is 0 Å². The quantitative estimate of drug-likeness (QED) is 0.649. The van der Waals surface area contributed by atoms with Gasteiger partial charge in [-0.15, -0.1) is 0 Å². The van der Waals surface area contributed by atoms with E-state index >= 15 is 0 Å². The molecule has 104 valence electrons. The number of hydrogen-bond acceptors (Lipinski definition) is 4. The molecule has 0 unspecified atom stereocenters. The van der Waals surface area contributed by atoms with Crippen LogP contribution in [0, 0.1) is 0 Å². The molecule has 0 spiro atoms. The van der Waals surface area contributed by atoms with Gasteiger partial charge in [0, 0.05) is 19.0 Å². The average Bonchev–Trinajstić information content (AvgIpc) is 2.37. The van der Waals surface area contributed by atoms with Crippen molar-refractivity contribution in [2.75, 3.05) is 13.7 Å². The minimum atomic E-state index is -0.848. The number of hydrogen-bond donors (Lipinski definition) is 3. The van der Waals surface area contributed by atoms with E-state index in [9.17, 15) is 14.7 Å². The maximum absolute atomic E-state index is 11.7. The van der Waals surface area contributed by atoms with Crippen molar-refractivity contribution < 1.29 is 24.5 Å². The van der Waals surface area contributed by atoms with Crippen molar-refractivity contribution in [3.63, 3.8) is 0 Å². The SMILES string of the molecule is COc1ccc(C(=O)NCCCCC(=O)O)c(O)c1. The Balaban J connectivity index is 2.43. The Labute approximate surface area is 111 Å². The molecule has 3 N–H and O–H groups in total. The lowest BCUT2D eigenvalue weighted by Gasteiger charge is -2.07. The third kappa shape index (κ3) is 4.87. The maximum Gasteiger partial charge on any atom is 0.303 e. The molecule has 0 atom stereocenters. The maximum atomic E-state index is 11.7. The first kappa shape index (κ1) is 14.8. The molecule has 0 aliphatic heterocycles. The second kappa shape index (κ2) is 7.25. The van der Waals surface area contributed by atoms with Gasteiger partial charge >= 0.3 is 5.97 Å². The number of unbranched alkanes of at least 4 members (excludes halogenated alkanes) is 1. The summed E-state index contributed by atoms with van der Waals surface area (Å²) in [7, 11) is 1.47. The Bertz CT molecular complexity index is 458. The number of aromatic hydroxyl groups is 1. The largest absolute Gasteiger partial charge is 0.507 e. The number of benzene rings is 1. The Morgan fingerprint density at radius 2 is 2.05 bits per heavy atom. The van der Waals surface area contributed by atoms with Crippen LogP contribution in [0.3, 0.4) is 0 Å². The molecule has 0 aliphatic carbocycles. The number of carboxylic acid groups (broad SMARTS) is 1. The molecule has 1 amide bonds. The summed E-state index contributed by atoms with van der Waals surface area (Å²) in [6.07, 6.45) is 1.17. The minimum Gasteiger partial charge on any atom is -0.507 e. The van der Waals surface area contributed by atoms with Gasteiger partial charge in [-0.2, -0.15) is 0 Å². The van der Waals surface area contributed by atoms with Crippen molar-refractivity contribution in [2.45, 2.75) is 19.3 Å². The third-order valence-electron chi connectivity index (χ3n) is 2.55. The number of phenolic OH excluding ortho intramolecular Hbond substituents is 1. The monoisotopic (exact) mass is 267 g/mol.